The molecule has 3 aliphatic carbocycles. The smallest absolute Gasteiger partial charge is 0.0551 e. The van der Waals surface area contributed by atoms with Crippen molar-refractivity contribution in [3.05, 3.63) is 0 Å². The predicted molar refractivity (Wildman–Crippen MR) is 53.8 cm³/mol. The molecule has 0 spiro atoms. The van der Waals surface area contributed by atoms with Crippen molar-refractivity contribution in [2.75, 3.05) is 0 Å². The second kappa shape index (κ2) is 2.73. The summed E-state index contributed by atoms with van der Waals surface area (Å²) in [6, 6.07) is 0. The summed E-state index contributed by atoms with van der Waals surface area (Å²) in [6.45, 7) is 0. The first-order valence-electron chi connectivity index (χ1n) is 6.02. The van der Waals surface area contributed by atoms with Gasteiger partial charge in [-0.3, -0.25) is 0 Å². The van der Waals surface area contributed by atoms with Crippen molar-refractivity contribution < 1.29 is 10.2 Å². The van der Waals surface area contributed by atoms with Crippen LogP contribution in [0.4, 0.5) is 0 Å². The highest BCUT2D eigenvalue weighted by atomic mass is 16.3. The normalized spacial score (nSPS) is 57.0. The molecule has 0 aromatic carbocycles. The molecule has 80 valence electrons. The Labute approximate surface area is 85.3 Å². The third kappa shape index (κ3) is 0.989. The third-order valence-corrected chi connectivity index (χ3v) is 5.19. The third-order valence-electron chi connectivity index (χ3n) is 5.19. The molecule has 0 radical (unpaired) electrons. The van der Waals surface area contributed by atoms with Crippen molar-refractivity contribution in [1.29, 1.82) is 0 Å². The lowest BCUT2D eigenvalue weighted by Gasteiger charge is -2.44. The lowest BCUT2D eigenvalue weighted by Crippen LogP contribution is -2.35. The number of hydrogen-bond acceptors (Lipinski definition) is 2. The molecule has 0 heterocycles. The van der Waals surface area contributed by atoms with E-state index in [0.29, 0.717) is 10.8 Å². The standard InChI is InChI=1S/C12H20O2/c13-9-5-11-3-1-2-4-12(11,7-9)8-10(14)6-11/h9-10,13-14H,1-8H2. The maximum Gasteiger partial charge on any atom is 0.0551 e. The van der Waals surface area contributed by atoms with Crippen molar-refractivity contribution >= 4 is 0 Å². The van der Waals surface area contributed by atoms with Crippen LogP contribution in [0, 0.1) is 10.8 Å². The molecule has 0 saturated heterocycles. The Kier molecular flexibility index (Phi) is 1.79. The molecule has 3 fully saturated rings. The van der Waals surface area contributed by atoms with Gasteiger partial charge in [-0.05, 0) is 49.4 Å². The van der Waals surface area contributed by atoms with Gasteiger partial charge in [0.1, 0.15) is 0 Å². The van der Waals surface area contributed by atoms with E-state index >= 15 is 0 Å². The fourth-order valence-corrected chi connectivity index (χ4v) is 4.85. The number of aliphatic hydroxyl groups excluding tert-OH is 2. The number of aliphatic hydroxyl groups is 2. The SMILES string of the molecule is OC1CC23CCCCC2(C1)CC(O)C3. The van der Waals surface area contributed by atoms with E-state index in [1.54, 1.807) is 0 Å². The molecule has 0 unspecified atom stereocenters. The highest BCUT2D eigenvalue weighted by Gasteiger charge is 2.62. The number of rotatable bonds is 0. The fourth-order valence-electron chi connectivity index (χ4n) is 4.85. The molecule has 0 aliphatic heterocycles. The Morgan fingerprint density at radius 3 is 1.43 bits per heavy atom. The van der Waals surface area contributed by atoms with Crippen LogP contribution in [0.15, 0.2) is 0 Å². The van der Waals surface area contributed by atoms with E-state index in [0.717, 1.165) is 25.7 Å². The molecule has 3 saturated carbocycles. The molecule has 2 heteroatoms. The van der Waals surface area contributed by atoms with Gasteiger partial charge in [-0.25, -0.2) is 0 Å². The van der Waals surface area contributed by atoms with E-state index in [1.165, 1.54) is 25.7 Å². The predicted octanol–water partition coefficient (Wildman–Crippen LogP) is 1.84. The molecule has 0 atom stereocenters. The molecular formula is C12H20O2. The van der Waals surface area contributed by atoms with Crippen molar-refractivity contribution in [2.24, 2.45) is 10.8 Å². The maximum atomic E-state index is 9.86. The van der Waals surface area contributed by atoms with E-state index in [4.69, 9.17) is 0 Å². The molecule has 3 rings (SSSR count). The van der Waals surface area contributed by atoms with Gasteiger partial charge in [0.2, 0.25) is 0 Å². The quantitative estimate of drug-likeness (QED) is 0.620. The van der Waals surface area contributed by atoms with E-state index in [-0.39, 0.29) is 12.2 Å². The monoisotopic (exact) mass is 196 g/mol. The lowest BCUT2D eigenvalue weighted by atomic mass is 9.60. The van der Waals surface area contributed by atoms with Gasteiger partial charge in [0, 0.05) is 0 Å². The van der Waals surface area contributed by atoms with Crippen molar-refractivity contribution in [3.63, 3.8) is 0 Å². The van der Waals surface area contributed by atoms with Crippen LogP contribution in [0.5, 0.6) is 0 Å². The number of hydrogen-bond donors (Lipinski definition) is 2. The average molecular weight is 196 g/mol. The van der Waals surface area contributed by atoms with Gasteiger partial charge in [-0.2, -0.15) is 0 Å². The Balaban J connectivity index is 1.98. The molecule has 0 aromatic rings. The van der Waals surface area contributed by atoms with E-state index in [1.807, 2.05) is 0 Å². The molecular weight excluding hydrogens is 176 g/mol. The lowest BCUT2D eigenvalue weighted by molar-refractivity contribution is 0.0520. The first kappa shape index (κ1) is 9.17. The Bertz CT molecular complexity index is 211. The summed E-state index contributed by atoms with van der Waals surface area (Å²) in [5.41, 5.74) is 0.647. The van der Waals surface area contributed by atoms with Crippen molar-refractivity contribution in [1.82, 2.24) is 0 Å². The Morgan fingerprint density at radius 1 is 0.714 bits per heavy atom. The summed E-state index contributed by atoms with van der Waals surface area (Å²) in [5.74, 6) is 0. The highest BCUT2D eigenvalue weighted by Crippen LogP contribution is 2.68. The van der Waals surface area contributed by atoms with Crippen LogP contribution in [-0.2, 0) is 0 Å². The summed E-state index contributed by atoms with van der Waals surface area (Å²) in [4.78, 5) is 0. The van der Waals surface area contributed by atoms with E-state index in [2.05, 4.69) is 0 Å². The fraction of sp³-hybridized carbons (Fsp3) is 1.00. The van der Waals surface area contributed by atoms with Crippen LogP contribution in [-0.4, -0.2) is 22.4 Å². The van der Waals surface area contributed by atoms with E-state index < -0.39 is 0 Å². The van der Waals surface area contributed by atoms with Crippen LogP contribution in [0.1, 0.15) is 51.4 Å². The maximum absolute atomic E-state index is 9.86. The minimum absolute atomic E-state index is 0.0828. The molecule has 2 nitrogen and oxygen atoms in total. The van der Waals surface area contributed by atoms with Crippen LogP contribution in [0.3, 0.4) is 0 Å². The van der Waals surface area contributed by atoms with Gasteiger partial charge < -0.3 is 10.2 Å². The van der Waals surface area contributed by atoms with Crippen LogP contribution in [0.25, 0.3) is 0 Å². The zero-order valence-corrected chi connectivity index (χ0v) is 8.71. The van der Waals surface area contributed by atoms with Crippen LogP contribution in [0.2, 0.25) is 0 Å². The summed E-state index contributed by atoms with van der Waals surface area (Å²) in [7, 11) is 0. The molecule has 0 aromatic heterocycles. The highest BCUT2D eigenvalue weighted by molar-refractivity contribution is 5.13. The van der Waals surface area contributed by atoms with Gasteiger partial charge in [-0.1, -0.05) is 12.8 Å². The molecule has 14 heavy (non-hydrogen) atoms. The Hall–Kier alpha value is -0.0800. The zero-order chi connectivity index (χ0) is 9.81. The second-order valence-electron chi connectivity index (χ2n) is 5.89. The summed E-state index contributed by atoms with van der Waals surface area (Å²) >= 11 is 0. The summed E-state index contributed by atoms with van der Waals surface area (Å²) in [5, 5.41) is 19.7. The van der Waals surface area contributed by atoms with E-state index in [9.17, 15) is 10.2 Å². The largest absolute Gasteiger partial charge is 0.393 e. The van der Waals surface area contributed by atoms with Crippen LogP contribution < -0.4 is 0 Å². The van der Waals surface area contributed by atoms with Gasteiger partial charge >= 0.3 is 0 Å². The summed E-state index contributed by atoms with van der Waals surface area (Å²) in [6.07, 6.45) is 8.80. The molecule has 2 N–H and O–H groups in total. The zero-order valence-electron chi connectivity index (χ0n) is 8.71. The molecule has 0 bridgehead atoms. The topological polar surface area (TPSA) is 40.5 Å². The molecule has 0 amide bonds. The second-order valence-corrected chi connectivity index (χ2v) is 5.89. The minimum Gasteiger partial charge on any atom is -0.393 e. The first-order chi connectivity index (χ1) is 6.66. The van der Waals surface area contributed by atoms with Gasteiger partial charge in [0.25, 0.3) is 0 Å². The van der Waals surface area contributed by atoms with Gasteiger partial charge in [0.05, 0.1) is 12.2 Å². The average Bonchev–Trinajstić information content (AvgIpc) is 2.49. The Morgan fingerprint density at radius 2 is 1.07 bits per heavy atom. The van der Waals surface area contributed by atoms with Gasteiger partial charge in [-0.15, -0.1) is 0 Å². The minimum atomic E-state index is -0.0828. The van der Waals surface area contributed by atoms with Crippen molar-refractivity contribution in [2.45, 2.75) is 63.6 Å². The first-order valence-corrected chi connectivity index (χ1v) is 6.02. The van der Waals surface area contributed by atoms with Crippen LogP contribution >= 0.6 is 0 Å². The van der Waals surface area contributed by atoms with Crippen molar-refractivity contribution in [3.8, 4) is 0 Å². The molecule has 3 aliphatic rings. The van der Waals surface area contributed by atoms with Gasteiger partial charge in [0.15, 0.2) is 0 Å². The summed E-state index contributed by atoms with van der Waals surface area (Å²) < 4.78 is 0.